The third-order valence-electron chi connectivity index (χ3n) is 7.72. The van der Waals surface area contributed by atoms with E-state index in [4.69, 9.17) is 10.1 Å². The van der Waals surface area contributed by atoms with Gasteiger partial charge in [-0.1, -0.05) is 35.9 Å². The minimum atomic E-state index is -4.19. The first kappa shape index (κ1) is 39.1. The van der Waals surface area contributed by atoms with E-state index < -0.39 is 74.6 Å². The minimum Gasteiger partial charge on any atom is -0.466 e. The SMILES string of the molecule is CCOC(=O)C[C@@H]1C(=O)N(CC(=O)N[C@@H](CCCNC(=N)NS(=O)(=O)c2ccc(C)cc2)C(=O)c2nccs2)CCN1S(=O)(=O)c1ccccc1. The van der Waals surface area contributed by atoms with Crippen LogP contribution >= 0.6 is 11.3 Å². The van der Waals surface area contributed by atoms with Crippen LogP contribution in [0.4, 0.5) is 0 Å². The molecule has 274 valence electrons. The van der Waals surface area contributed by atoms with Crippen LogP contribution in [0.2, 0.25) is 0 Å². The fraction of sp³-hybridized carbons (Fsp3) is 0.375. The summed E-state index contributed by atoms with van der Waals surface area (Å²) in [6, 6.07) is 11.0. The van der Waals surface area contributed by atoms with Crippen LogP contribution in [-0.2, 0) is 39.2 Å². The second-order valence-corrected chi connectivity index (χ2v) is 15.9. The predicted octanol–water partition coefficient (Wildman–Crippen LogP) is 1.26. The van der Waals surface area contributed by atoms with Crippen LogP contribution in [0.25, 0.3) is 0 Å². The molecule has 0 saturated carbocycles. The van der Waals surface area contributed by atoms with E-state index in [0.717, 1.165) is 26.1 Å². The number of hydrogen-bond donors (Lipinski definition) is 4. The first-order chi connectivity index (χ1) is 24.2. The Hall–Kier alpha value is -4.72. The minimum absolute atomic E-state index is 0.0126. The molecule has 0 unspecified atom stereocenters. The third-order valence-corrected chi connectivity index (χ3v) is 11.8. The maximum atomic E-state index is 13.7. The van der Waals surface area contributed by atoms with Crippen molar-refractivity contribution in [3.05, 3.63) is 76.7 Å². The molecule has 4 N–H and O–H groups in total. The van der Waals surface area contributed by atoms with Gasteiger partial charge in [0.25, 0.3) is 10.0 Å². The van der Waals surface area contributed by atoms with Gasteiger partial charge in [0, 0.05) is 31.2 Å². The highest BCUT2D eigenvalue weighted by Crippen LogP contribution is 2.24. The zero-order valence-electron chi connectivity index (χ0n) is 27.9. The monoisotopic (exact) mass is 761 g/mol. The van der Waals surface area contributed by atoms with E-state index in [1.54, 1.807) is 30.5 Å². The molecule has 0 aliphatic carbocycles. The van der Waals surface area contributed by atoms with Crippen molar-refractivity contribution >= 4 is 60.9 Å². The van der Waals surface area contributed by atoms with Gasteiger partial charge < -0.3 is 20.3 Å². The number of piperazine rings is 1. The molecule has 0 spiro atoms. The average Bonchev–Trinajstić information content (AvgIpc) is 3.63. The lowest BCUT2D eigenvalue weighted by molar-refractivity contribution is -0.150. The van der Waals surface area contributed by atoms with Gasteiger partial charge in [0.1, 0.15) is 6.04 Å². The molecule has 16 nitrogen and oxygen atoms in total. The maximum absolute atomic E-state index is 13.7. The molecule has 19 heteroatoms. The van der Waals surface area contributed by atoms with E-state index in [9.17, 15) is 36.0 Å². The largest absolute Gasteiger partial charge is 0.466 e. The zero-order chi connectivity index (χ0) is 37.2. The Morgan fingerprint density at radius 1 is 1.04 bits per heavy atom. The number of ketones is 1. The molecular formula is C32H39N7O9S3. The molecule has 2 heterocycles. The fourth-order valence-electron chi connectivity index (χ4n) is 5.20. The normalized spacial score (nSPS) is 15.8. The Labute approximate surface area is 300 Å². The molecule has 1 fully saturated rings. The van der Waals surface area contributed by atoms with Crippen molar-refractivity contribution in [2.45, 2.75) is 55.0 Å². The first-order valence-electron chi connectivity index (χ1n) is 15.9. The van der Waals surface area contributed by atoms with Gasteiger partial charge in [-0.25, -0.2) is 26.5 Å². The number of carbonyl (C=O) groups excluding carboxylic acids is 4. The number of sulfonamides is 2. The number of Topliss-reactive ketones (excluding diaryl/α,β-unsaturated/α-hetero) is 1. The number of nitrogens with one attached hydrogen (secondary N) is 4. The lowest BCUT2D eigenvalue weighted by atomic mass is 10.1. The van der Waals surface area contributed by atoms with Gasteiger partial charge >= 0.3 is 5.97 Å². The van der Waals surface area contributed by atoms with Crippen LogP contribution in [0.5, 0.6) is 0 Å². The van der Waals surface area contributed by atoms with Crippen LogP contribution in [0.3, 0.4) is 0 Å². The van der Waals surface area contributed by atoms with Crippen molar-refractivity contribution < 1.29 is 40.8 Å². The summed E-state index contributed by atoms with van der Waals surface area (Å²) in [5.41, 5.74) is 0.873. The van der Waals surface area contributed by atoms with Crippen molar-refractivity contribution in [1.29, 1.82) is 5.41 Å². The van der Waals surface area contributed by atoms with Crippen LogP contribution in [0.15, 0.2) is 76.0 Å². The highest BCUT2D eigenvalue weighted by molar-refractivity contribution is 7.90. The molecule has 51 heavy (non-hydrogen) atoms. The molecule has 1 saturated heterocycles. The number of amides is 2. The standard InChI is InChI=1S/C32H39N7O9S3/c1-3-48-28(41)20-26-31(43)38(17-18-39(26)51(46,47)24-8-5-4-6-9-24)21-27(40)36-25(29(42)30-34-16-19-49-30)10-7-15-35-32(33)37-50(44,45)23-13-11-22(2)12-14-23/h4-6,8-9,11-14,16,19,25-26H,3,7,10,15,17-18,20-21H2,1-2H3,(H,36,40)(H3,33,35,37)/t25-,26+/m0/s1. The number of nitrogens with zero attached hydrogens (tertiary/aromatic N) is 3. The van der Waals surface area contributed by atoms with Gasteiger partial charge in [-0.3, -0.25) is 24.6 Å². The van der Waals surface area contributed by atoms with Crippen molar-refractivity contribution in [1.82, 2.24) is 29.5 Å². The quantitative estimate of drug-likeness (QED) is 0.0535. The first-order valence-corrected chi connectivity index (χ1v) is 19.7. The highest BCUT2D eigenvalue weighted by atomic mass is 32.2. The molecule has 2 aromatic carbocycles. The average molecular weight is 762 g/mol. The van der Waals surface area contributed by atoms with Crippen LogP contribution in [0.1, 0.15) is 41.6 Å². The van der Waals surface area contributed by atoms with Crippen LogP contribution in [0, 0.1) is 12.3 Å². The number of carbonyl (C=O) groups is 4. The molecule has 3 aromatic rings. The number of guanidine groups is 1. The summed E-state index contributed by atoms with van der Waals surface area (Å²) in [6.45, 7) is 2.59. The molecule has 0 bridgehead atoms. The number of thiazole rings is 1. The van der Waals surface area contributed by atoms with Gasteiger partial charge in [0.15, 0.2) is 5.01 Å². The zero-order valence-corrected chi connectivity index (χ0v) is 30.4. The maximum Gasteiger partial charge on any atom is 0.307 e. The number of aromatic nitrogens is 1. The van der Waals surface area contributed by atoms with E-state index >= 15 is 0 Å². The molecule has 2 atom stereocenters. The number of rotatable bonds is 16. The predicted molar refractivity (Wildman–Crippen MR) is 187 cm³/mol. The van der Waals surface area contributed by atoms with E-state index in [0.29, 0.717) is 0 Å². The van der Waals surface area contributed by atoms with Crippen molar-refractivity contribution in [2.75, 3.05) is 32.8 Å². The second-order valence-electron chi connectivity index (χ2n) is 11.4. The molecular weight excluding hydrogens is 723 g/mol. The van der Waals surface area contributed by atoms with Gasteiger partial charge in [0.05, 0.1) is 35.4 Å². The Kier molecular flexibility index (Phi) is 13.4. The summed E-state index contributed by atoms with van der Waals surface area (Å²) in [5.74, 6) is -3.23. The summed E-state index contributed by atoms with van der Waals surface area (Å²) in [4.78, 5) is 57.8. The molecule has 1 aliphatic rings. The summed E-state index contributed by atoms with van der Waals surface area (Å²) < 4.78 is 60.2. The molecule has 2 amide bonds. The molecule has 1 aromatic heterocycles. The summed E-state index contributed by atoms with van der Waals surface area (Å²) >= 11 is 1.07. The van der Waals surface area contributed by atoms with E-state index in [2.05, 4.69) is 20.3 Å². The second kappa shape index (κ2) is 17.5. The lowest BCUT2D eigenvalue weighted by Gasteiger charge is -2.39. The van der Waals surface area contributed by atoms with E-state index in [-0.39, 0.29) is 53.9 Å². The smallest absolute Gasteiger partial charge is 0.307 e. The molecule has 4 rings (SSSR count). The Morgan fingerprint density at radius 3 is 2.39 bits per heavy atom. The van der Waals surface area contributed by atoms with Gasteiger partial charge in [-0.2, -0.15) is 4.31 Å². The number of ether oxygens (including phenoxy) is 1. The lowest BCUT2D eigenvalue weighted by Crippen LogP contribution is -2.60. The number of hydrogen-bond acceptors (Lipinski definition) is 12. The number of benzene rings is 2. The third kappa shape index (κ3) is 10.4. The van der Waals surface area contributed by atoms with Gasteiger partial charge in [-0.05, 0) is 51.0 Å². The van der Waals surface area contributed by atoms with Gasteiger partial charge in [-0.15, -0.1) is 11.3 Å². The molecule has 0 radical (unpaired) electrons. The number of esters is 1. The Morgan fingerprint density at radius 2 is 1.75 bits per heavy atom. The molecule has 1 aliphatic heterocycles. The fourth-order valence-corrected chi connectivity index (χ4v) is 8.38. The van der Waals surface area contributed by atoms with E-state index in [1.807, 2.05) is 6.92 Å². The van der Waals surface area contributed by atoms with Gasteiger partial charge in [0.2, 0.25) is 33.6 Å². The summed E-state index contributed by atoms with van der Waals surface area (Å²) in [6.07, 6.45) is 1.15. The topological polar surface area (TPSA) is 225 Å². The number of aryl methyl sites for hydroxylation is 1. The summed E-state index contributed by atoms with van der Waals surface area (Å²) in [5, 5.41) is 15.0. The van der Waals surface area contributed by atoms with Crippen LogP contribution < -0.4 is 15.4 Å². The van der Waals surface area contributed by atoms with Crippen molar-refractivity contribution in [3.8, 4) is 0 Å². The summed E-state index contributed by atoms with van der Waals surface area (Å²) in [7, 11) is -8.19. The van der Waals surface area contributed by atoms with Crippen molar-refractivity contribution in [2.24, 2.45) is 0 Å². The van der Waals surface area contributed by atoms with Crippen LogP contribution in [-0.4, -0.2) is 105 Å². The Bertz CT molecular complexity index is 1920. The van der Waals surface area contributed by atoms with E-state index in [1.165, 1.54) is 42.6 Å². The van der Waals surface area contributed by atoms with Crippen molar-refractivity contribution in [3.63, 3.8) is 0 Å². The highest BCUT2D eigenvalue weighted by Gasteiger charge is 2.43. The Balaban J connectivity index is 1.40.